The second kappa shape index (κ2) is 10.5. The molecular weight excluding hydrogens is 274 g/mol. The quantitative estimate of drug-likeness (QED) is 0.609. The number of nitrogens with one attached hydrogen (secondary N) is 2. The second-order valence-corrected chi connectivity index (χ2v) is 5.33. The molecule has 0 amide bonds. The molecule has 0 aliphatic rings. The van der Waals surface area contributed by atoms with Crippen LogP contribution >= 0.6 is 11.8 Å². The molecule has 0 spiro atoms. The number of thioether (sulfide) groups is 1. The summed E-state index contributed by atoms with van der Waals surface area (Å²) in [7, 11) is 1.78. The zero-order valence-electron chi connectivity index (χ0n) is 12.6. The van der Waals surface area contributed by atoms with Gasteiger partial charge in [-0.25, -0.2) is 0 Å². The molecule has 1 heterocycles. The summed E-state index contributed by atoms with van der Waals surface area (Å²) < 4.78 is 5.45. The van der Waals surface area contributed by atoms with Crippen LogP contribution in [0.25, 0.3) is 0 Å². The zero-order chi connectivity index (χ0) is 14.6. The fourth-order valence-corrected chi connectivity index (χ4v) is 2.05. The van der Waals surface area contributed by atoms with Crippen molar-refractivity contribution in [3.8, 4) is 6.01 Å². The Morgan fingerprint density at radius 1 is 1.10 bits per heavy atom. The summed E-state index contributed by atoms with van der Waals surface area (Å²) >= 11 is 1.89. The summed E-state index contributed by atoms with van der Waals surface area (Å²) in [6, 6.07) is 0.371. The van der Waals surface area contributed by atoms with Crippen LogP contribution < -0.4 is 15.4 Å². The van der Waals surface area contributed by atoms with E-state index in [2.05, 4.69) is 31.8 Å². The van der Waals surface area contributed by atoms with Crippen LogP contribution in [0.3, 0.4) is 0 Å². The third-order valence-electron chi connectivity index (χ3n) is 2.58. The summed E-state index contributed by atoms with van der Waals surface area (Å²) in [5, 5.41) is 6.14. The number of unbranched alkanes of at least 4 members (excludes halogenated alkanes) is 2. The third-order valence-corrected chi connectivity index (χ3v) is 3.28. The van der Waals surface area contributed by atoms with Crippen LogP contribution in [0.4, 0.5) is 11.9 Å². The van der Waals surface area contributed by atoms with Crippen LogP contribution in [0.2, 0.25) is 0 Å². The lowest BCUT2D eigenvalue weighted by molar-refractivity contribution is 0.292. The molecule has 0 bridgehead atoms. The molecule has 1 aromatic rings. The van der Waals surface area contributed by atoms with Crippen LogP contribution in [-0.2, 0) is 0 Å². The number of hydrogen-bond acceptors (Lipinski definition) is 7. The maximum Gasteiger partial charge on any atom is 0.323 e. The monoisotopic (exact) mass is 299 g/mol. The first-order valence-corrected chi connectivity index (χ1v) is 8.49. The molecule has 0 aliphatic heterocycles. The van der Waals surface area contributed by atoms with Crippen LogP contribution in [0.1, 0.15) is 32.6 Å². The lowest BCUT2D eigenvalue weighted by Gasteiger charge is -2.09. The Bertz CT molecular complexity index is 378. The standard InChI is InChI=1S/C13H25N5OS/c1-4-9-19-13-17-11(14-2)16-12(18-13)15-8-6-5-7-10-20-3/h4-10H2,1-3H3,(H2,14,15,16,17,18). The number of aromatic nitrogens is 3. The number of ether oxygens (including phenoxy) is 1. The van der Waals surface area contributed by atoms with Gasteiger partial charge < -0.3 is 15.4 Å². The number of nitrogens with zero attached hydrogens (tertiary/aromatic N) is 3. The predicted octanol–water partition coefficient (Wildman–Crippen LogP) is 2.65. The number of hydrogen-bond donors (Lipinski definition) is 2. The molecule has 0 fully saturated rings. The average molecular weight is 299 g/mol. The fourth-order valence-electron chi connectivity index (χ4n) is 1.55. The molecule has 20 heavy (non-hydrogen) atoms. The molecule has 0 atom stereocenters. The van der Waals surface area contributed by atoms with Gasteiger partial charge in [-0.1, -0.05) is 13.3 Å². The van der Waals surface area contributed by atoms with Crippen molar-refractivity contribution in [2.24, 2.45) is 0 Å². The van der Waals surface area contributed by atoms with E-state index in [0.29, 0.717) is 24.5 Å². The number of rotatable bonds is 11. The minimum Gasteiger partial charge on any atom is -0.463 e. The molecule has 2 N–H and O–H groups in total. The third kappa shape index (κ3) is 6.79. The molecule has 6 nitrogen and oxygen atoms in total. The fraction of sp³-hybridized carbons (Fsp3) is 0.769. The van der Waals surface area contributed by atoms with Crippen molar-refractivity contribution in [1.29, 1.82) is 0 Å². The highest BCUT2D eigenvalue weighted by Gasteiger charge is 2.05. The van der Waals surface area contributed by atoms with Crippen molar-refractivity contribution in [1.82, 2.24) is 15.0 Å². The van der Waals surface area contributed by atoms with Crippen LogP contribution in [0.15, 0.2) is 0 Å². The first-order valence-electron chi connectivity index (χ1n) is 7.09. The molecule has 1 aromatic heterocycles. The highest BCUT2D eigenvalue weighted by Crippen LogP contribution is 2.11. The Balaban J connectivity index is 2.42. The van der Waals surface area contributed by atoms with Crippen molar-refractivity contribution in [3.63, 3.8) is 0 Å². The van der Waals surface area contributed by atoms with Gasteiger partial charge in [0.05, 0.1) is 6.61 Å². The maximum atomic E-state index is 5.45. The van der Waals surface area contributed by atoms with Crippen molar-refractivity contribution in [2.45, 2.75) is 32.6 Å². The van der Waals surface area contributed by atoms with E-state index in [1.807, 2.05) is 18.7 Å². The van der Waals surface area contributed by atoms with Crippen molar-refractivity contribution in [3.05, 3.63) is 0 Å². The van der Waals surface area contributed by atoms with Gasteiger partial charge >= 0.3 is 6.01 Å². The molecule has 7 heteroatoms. The van der Waals surface area contributed by atoms with Crippen molar-refractivity contribution >= 4 is 23.7 Å². The van der Waals surface area contributed by atoms with E-state index in [-0.39, 0.29) is 0 Å². The minimum absolute atomic E-state index is 0.371. The molecule has 0 unspecified atom stereocenters. The zero-order valence-corrected chi connectivity index (χ0v) is 13.4. The molecule has 0 aliphatic carbocycles. The molecule has 0 aromatic carbocycles. The van der Waals surface area contributed by atoms with E-state index in [1.54, 1.807) is 7.05 Å². The Labute approximate surface area is 125 Å². The summed E-state index contributed by atoms with van der Waals surface area (Å²) in [6.07, 6.45) is 6.66. The minimum atomic E-state index is 0.371. The molecule has 0 saturated heterocycles. The van der Waals surface area contributed by atoms with Gasteiger partial charge in [-0.05, 0) is 31.3 Å². The Hall–Kier alpha value is -1.24. The van der Waals surface area contributed by atoms with Gasteiger partial charge in [0.25, 0.3) is 0 Å². The summed E-state index contributed by atoms with van der Waals surface area (Å²) in [5.74, 6) is 2.32. The van der Waals surface area contributed by atoms with Crippen molar-refractivity contribution in [2.75, 3.05) is 42.8 Å². The lowest BCUT2D eigenvalue weighted by Crippen LogP contribution is -2.10. The van der Waals surface area contributed by atoms with Crippen LogP contribution in [-0.4, -0.2) is 47.2 Å². The van der Waals surface area contributed by atoms with E-state index >= 15 is 0 Å². The Morgan fingerprint density at radius 3 is 2.60 bits per heavy atom. The van der Waals surface area contributed by atoms with E-state index < -0.39 is 0 Å². The van der Waals surface area contributed by atoms with Gasteiger partial charge in [-0.3, -0.25) is 0 Å². The molecule has 0 saturated carbocycles. The largest absolute Gasteiger partial charge is 0.463 e. The lowest BCUT2D eigenvalue weighted by atomic mass is 10.2. The first-order chi connectivity index (χ1) is 9.80. The smallest absolute Gasteiger partial charge is 0.323 e. The van der Waals surface area contributed by atoms with Gasteiger partial charge in [-0.15, -0.1) is 0 Å². The van der Waals surface area contributed by atoms with E-state index in [1.165, 1.54) is 18.6 Å². The summed E-state index contributed by atoms with van der Waals surface area (Å²) in [4.78, 5) is 12.7. The average Bonchev–Trinajstić information content (AvgIpc) is 2.48. The maximum absolute atomic E-state index is 5.45. The van der Waals surface area contributed by atoms with Gasteiger partial charge in [0.15, 0.2) is 0 Å². The van der Waals surface area contributed by atoms with Crippen molar-refractivity contribution < 1.29 is 4.74 Å². The van der Waals surface area contributed by atoms with Crippen LogP contribution in [0.5, 0.6) is 6.01 Å². The summed E-state index contributed by atoms with van der Waals surface area (Å²) in [6.45, 7) is 3.53. The molecule has 0 radical (unpaired) electrons. The predicted molar refractivity (Wildman–Crippen MR) is 85.9 cm³/mol. The summed E-state index contributed by atoms with van der Waals surface area (Å²) in [5.41, 5.74) is 0. The van der Waals surface area contributed by atoms with Gasteiger partial charge in [0.1, 0.15) is 0 Å². The molecule has 1 rings (SSSR count). The second-order valence-electron chi connectivity index (χ2n) is 4.34. The SMILES string of the molecule is CCCOc1nc(NC)nc(NCCCCCSC)n1. The highest BCUT2D eigenvalue weighted by molar-refractivity contribution is 7.98. The Kier molecular flexibility index (Phi) is 8.86. The normalized spacial score (nSPS) is 10.3. The highest BCUT2D eigenvalue weighted by atomic mass is 32.2. The molecular formula is C13H25N5OS. The first kappa shape index (κ1) is 16.8. The van der Waals surface area contributed by atoms with Gasteiger partial charge in [0, 0.05) is 13.6 Å². The Morgan fingerprint density at radius 2 is 1.90 bits per heavy atom. The topological polar surface area (TPSA) is 72.0 Å². The van der Waals surface area contributed by atoms with Gasteiger partial charge in [0.2, 0.25) is 11.9 Å². The van der Waals surface area contributed by atoms with E-state index in [4.69, 9.17) is 4.74 Å². The van der Waals surface area contributed by atoms with E-state index in [0.717, 1.165) is 19.4 Å². The van der Waals surface area contributed by atoms with Crippen LogP contribution in [0, 0.1) is 0 Å². The van der Waals surface area contributed by atoms with Gasteiger partial charge in [-0.2, -0.15) is 26.7 Å². The number of anilines is 2. The molecule has 114 valence electrons. The van der Waals surface area contributed by atoms with E-state index in [9.17, 15) is 0 Å².